The van der Waals surface area contributed by atoms with Crippen molar-refractivity contribution in [2.45, 2.75) is 57.0 Å². The lowest BCUT2D eigenvalue weighted by Gasteiger charge is -2.47. The van der Waals surface area contributed by atoms with Crippen molar-refractivity contribution >= 4 is 5.91 Å². The van der Waals surface area contributed by atoms with E-state index in [2.05, 4.69) is 0 Å². The van der Waals surface area contributed by atoms with E-state index in [1.165, 1.54) is 19.3 Å². The number of aliphatic hydroxyl groups is 1. The second kappa shape index (κ2) is 4.27. The fraction of sp³-hybridized carbons (Fsp3) is 0.929. The molecule has 0 aromatic heterocycles. The molecular weight excluding hydrogens is 214 g/mol. The lowest BCUT2D eigenvalue weighted by atomic mass is 9.71. The summed E-state index contributed by atoms with van der Waals surface area (Å²) < 4.78 is 0. The third kappa shape index (κ3) is 2.35. The van der Waals surface area contributed by atoms with Crippen LogP contribution in [0.1, 0.15) is 51.4 Å². The van der Waals surface area contributed by atoms with E-state index in [-0.39, 0.29) is 0 Å². The SMILES string of the molecule is O=C(CC1CC1)N1CCC2(O)CCCCC2C1. The molecule has 2 saturated carbocycles. The van der Waals surface area contributed by atoms with Crippen LogP contribution in [-0.2, 0) is 4.79 Å². The maximum atomic E-state index is 12.1. The molecule has 1 aliphatic heterocycles. The van der Waals surface area contributed by atoms with Crippen LogP contribution in [0.15, 0.2) is 0 Å². The van der Waals surface area contributed by atoms with Gasteiger partial charge in [-0.2, -0.15) is 0 Å². The van der Waals surface area contributed by atoms with Crippen molar-refractivity contribution in [3.8, 4) is 0 Å². The molecule has 3 rings (SSSR count). The minimum atomic E-state index is -0.450. The van der Waals surface area contributed by atoms with E-state index in [4.69, 9.17) is 0 Å². The molecule has 3 fully saturated rings. The van der Waals surface area contributed by atoms with Gasteiger partial charge in [-0.1, -0.05) is 12.8 Å². The smallest absolute Gasteiger partial charge is 0.222 e. The molecule has 2 unspecified atom stereocenters. The summed E-state index contributed by atoms with van der Waals surface area (Å²) in [5, 5.41) is 10.5. The monoisotopic (exact) mass is 237 g/mol. The van der Waals surface area contributed by atoms with E-state index in [1.54, 1.807) is 0 Å². The number of fused-ring (bicyclic) bond motifs is 1. The van der Waals surface area contributed by atoms with E-state index < -0.39 is 5.60 Å². The van der Waals surface area contributed by atoms with E-state index in [0.29, 0.717) is 17.7 Å². The third-order valence-electron chi connectivity index (χ3n) is 4.94. The summed E-state index contributed by atoms with van der Waals surface area (Å²) in [6, 6.07) is 0. The zero-order valence-corrected chi connectivity index (χ0v) is 10.5. The number of carbonyl (C=O) groups is 1. The lowest BCUT2D eigenvalue weighted by Crippen LogP contribution is -2.54. The Hall–Kier alpha value is -0.570. The summed E-state index contributed by atoms with van der Waals surface area (Å²) in [7, 11) is 0. The van der Waals surface area contributed by atoms with Gasteiger partial charge in [0, 0.05) is 25.4 Å². The highest BCUT2D eigenvalue weighted by atomic mass is 16.3. The summed E-state index contributed by atoms with van der Waals surface area (Å²) in [5.74, 6) is 1.35. The molecule has 0 bridgehead atoms. The maximum Gasteiger partial charge on any atom is 0.222 e. The highest BCUT2D eigenvalue weighted by Gasteiger charge is 2.44. The highest BCUT2D eigenvalue weighted by molar-refractivity contribution is 5.76. The third-order valence-corrected chi connectivity index (χ3v) is 4.94. The van der Waals surface area contributed by atoms with Crippen molar-refractivity contribution in [2.24, 2.45) is 11.8 Å². The van der Waals surface area contributed by atoms with Crippen molar-refractivity contribution in [2.75, 3.05) is 13.1 Å². The van der Waals surface area contributed by atoms with Gasteiger partial charge in [0.15, 0.2) is 0 Å². The van der Waals surface area contributed by atoms with Crippen molar-refractivity contribution in [1.29, 1.82) is 0 Å². The first-order chi connectivity index (χ1) is 8.17. The van der Waals surface area contributed by atoms with Gasteiger partial charge in [-0.25, -0.2) is 0 Å². The van der Waals surface area contributed by atoms with E-state index in [9.17, 15) is 9.90 Å². The summed E-state index contributed by atoms with van der Waals surface area (Å²) in [6.07, 6.45) is 8.46. The lowest BCUT2D eigenvalue weighted by molar-refractivity contribution is -0.143. The molecule has 0 spiro atoms. The first kappa shape index (κ1) is 11.5. The van der Waals surface area contributed by atoms with Crippen LogP contribution in [0.2, 0.25) is 0 Å². The fourth-order valence-corrected chi connectivity index (χ4v) is 3.50. The zero-order chi connectivity index (χ0) is 11.9. The minimum Gasteiger partial charge on any atom is -0.389 e. The predicted octanol–water partition coefficient (Wildman–Crippen LogP) is 1.94. The number of hydrogen-bond acceptors (Lipinski definition) is 2. The number of nitrogens with zero attached hydrogens (tertiary/aromatic N) is 1. The Morgan fingerprint density at radius 3 is 2.82 bits per heavy atom. The molecule has 3 nitrogen and oxygen atoms in total. The van der Waals surface area contributed by atoms with Gasteiger partial charge in [-0.15, -0.1) is 0 Å². The molecule has 1 N–H and O–H groups in total. The van der Waals surface area contributed by atoms with Crippen LogP contribution in [0.4, 0.5) is 0 Å². The van der Waals surface area contributed by atoms with Gasteiger partial charge >= 0.3 is 0 Å². The molecule has 3 heteroatoms. The van der Waals surface area contributed by atoms with Crippen LogP contribution in [-0.4, -0.2) is 34.6 Å². The van der Waals surface area contributed by atoms with Gasteiger partial charge in [0.1, 0.15) is 0 Å². The summed E-state index contributed by atoms with van der Waals surface area (Å²) >= 11 is 0. The second-order valence-corrected chi connectivity index (χ2v) is 6.28. The van der Waals surface area contributed by atoms with Gasteiger partial charge < -0.3 is 10.0 Å². The van der Waals surface area contributed by atoms with Gasteiger partial charge in [-0.05, 0) is 38.0 Å². The maximum absolute atomic E-state index is 12.1. The Morgan fingerprint density at radius 1 is 1.24 bits per heavy atom. The van der Waals surface area contributed by atoms with Crippen LogP contribution < -0.4 is 0 Å². The molecule has 17 heavy (non-hydrogen) atoms. The average Bonchev–Trinajstić information content (AvgIpc) is 3.11. The minimum absolute atomic E-state index is 0.333. The highest BCUT2D eigenvalue weighted by Crippen LogP contribution is 2.40. The molecule has 0 radical (unpaired) electrons. The van der Waals surface area contributed by atoms with Crippen LogP contribution in [0.5, 0.6) is 0 Å². The van der Waals surface area contributed by atoms with Crippen molar-refractivity contribution in [3.05, 3.63) is 0 Å². The predicted molar refractivity (Wildman–Crippen MR) is 65.4 cm³/mol. The first-order valence-electron chi connectivity index (χ1n) is 7.17. The van der Waals surface area contributed by atoms with E-state index >= 15 is 0 Å². The summed E-state index contributed by atoms with van der Waals surface area (Å²) in [6.45, 7) is 1.58. The van der Waals surface area contributed by atoms with Crippen molar-refractivity contribution < 1.29 is 9.90 Å². The Morgan fingerprint density at radius 2 is 2.06 bits per heavy atom. The molecule has 3 aliphatic rings. The molecule has 1 heterocycles. The molecular formula is C14H23NO2. The molecule has 0 aromatic carbocycles. The Kier molecular flexibility index (Phi) is 2.89. The molecule has 2 atom stereocenters. The number of piperidine rings is 1. The Labute approximate surface area is 103 Å². The first-order valence-corrected chi connectivity index (χ1v) is 7.17. The number of amides is 1. The average molecular weight is 237 g/mol. The van der Waals surface area contributed by atoms with Crippen LogP contribution in [0.25, 0.3) is 0 Å². The van der Waals surface area contributed by atoms with Gasteiger partial charge in [0.25, 0.3) is 0 Å². The molecule has 1 saturated heterocycles. The van der Waals surface area contributed by atoms with Gasteiger partial charge in [0.05, 0.1) is 5.60 Å². The molecule has 2 aliphatic carbocycles. The molecule has 96 valence electrons. The number of hydrogen-bond donors (Lipinski definition) is 1. The van der Waals surface area contributed by atoms with Crippen LogP contribution in [0.3, 0.4) is 0 Å². The molecule has 1 amide bonds. The topological polar surface area (TPSA) is 40.5 Å². The standard InChI is InChI=1S/C14H23NO2/c16-13(9-11-4-5-11)15-8-7-14(17)6-2-1-3-12(14)10-15/h11-12,17H,1-10H2. The van der Waals surface area contributed by atoms with Crippen molar-refractivity contribution in [1.82, 2.24) is 4.90 Å². The van der Waals surface area contributed by atoms with E-state index in [1.807, 2.05) is 4.90 Å². The van der Waals surface area contributed by atoms with E-state index in [0.717, 1.165) is 45.2 Å². The number of likely N-dealkylation sites (tertiary alicyclic amines) is 1. The fourth-order valence-electron chi connectivity index (χ4n) is 3.50. The zero-order valence-electron chi connectivity index (χ0n) is 10.5. The number of carbonyl (C=O) groups excluding carboxylic acids is 1. The number of rotatable bonds is 2. The molecule has 0 aromatic rings. The van der Waals surface area contributed by atoms with Crippen LogP contribution >= 0.6 is 0 Å². The van der Waals surface area contributed by atoms with Gasteiger partial charge in [-0.3, -0.25) is 4.79 Å². The largest absolute Gasteiger partial charge is 0.389 e. The summed E-state index contributed by atoms with van der Waals surface area (Å²) in [5.41, 5.74) is -0.450. The Balaban J connectivity index is 1.60. The van der Waals surface area contributed by atoms with Gasteiger partial charge in [0.2, 0.25) is 5.91 Å². The second-order valence-electron chi connectivity index (χ2n) is 6.28. The van der Waals surface area contributed by atoms with Crippen molar-refractivity contribution in [3.63, 3.8) is 0 Å². The quantitative estimate of drug-likeness (QED) is 0.797. The van der Waals surface area contributed by atoms with Crippen LogP contribution in [0, 0.1) is 11.8 Å². The summed E-state index contributed by atoms with van der Waals surface area (Å²) in [4.78, 5) is 14.1. The normalized spacial score (nSPS) is 37.7. The Bertz CT molecular complexity index is 313.